The number of benzene rings is 1. The van der Waals surface area contributed by atoms with E-state index in [1.165, 1.54) is 0 Å². The summed E-state index contributed by atoms with van der Waals surface area (Å²) in [5.41, 5.74) is 1.53. The van der Waals surface area contributed by atoms with Gasteiger partial charge in [0.05, 0.1) is 12.2 Å². The number of carbonyl (C=O) groups is 2. The Morgan fingerprint density at radius 2 is 2.25 bits per heavy atom. The summed E-state index contributed by atoms with van der Waals surface area (Å²) in [5.74, 6) is -0.337. The fraction of sp³-hybridized carbons (Fsp3) is 0.333. The number of aryl methyl sites for hydroxylation is 1. The molecule has 0 unspecified atom stereocenters. The summed E-state index contributed by atoms with van der Waals surface area (Å²) in [6.07, 6.45) is 2.06. The quantitative estimate of drug-likeness (QED) is 0.617. The summed E-state index contributed by atoms with van der Waals surface area (Å²) in [7, 11) is 0. The average molecular weight is 285 g/mol. The van der Waals surface area contributed by atoms with Gasteiger partial charge in [-0.15, -0.1) is 0 Å². The number of ether oxygens (including phenoxy) is 1. The van der Waals surface area contributed by atoms with Crippen molar-refractivity contribution in [2.75, 3.05) is 6.61 Å². The van der Waals surface area contributed by atoms with Gasteiger partial charge in [0.1, 0.15) is 6.29 Å². The van der Waals surface area contributed by atoms with E-state index in [0.29, 0.717) is 29.5 Å². The highest BCUT2D eigenvalue weighted by atomic mass is 79.9. The standard InChI is InChI=1S/C12H13BrO3/c1-2-16-12(15)10-6-5-9(4-3-7-14)8-11(10)13/h5-8H,2-4H2,1H3. The van der Waals surface area contributed by atoms with E-state index in [-0.39, 0.29) is 5.97 Å². The van der Waals surface area contributed by atoms with Crippen LogP contribution in [0.1, 0.15) is 29.3 Å². The molecule has 0 heterocycles. The van der Waals surface area contributed by atoms with Crippen molar-refractivity contribution in [3.63, 3.8) is 0 Å². The molecule has 16 heavy (non-hydrogen) atoms. The predicted molar refractivity (Wildman–Crippen MR) is 64.5 cm³/mol. The molecule has 1 rings (SSSR count). The van der Waals surface area contributed by atoms with Gasteiger partial charge in [0.2, 0.25) is 0 Å². The molecule has 0 radical (unpaired) electrons. The van der Waals surface area contributed by atoms with Crippen LogP contribution in [-0.2, 0) is 16.0 Å². The summed E-state index contributed by atoms with van der Waals surface area (Å²) in [6, 6.07) is 5.39. The Balaban J connectivity index is 2.82. The van der Waals surface area contributed by atoms with Crippen LogP contribution in [0.3, 0.4) is 0 Å². The molecular weight excluding hydrogens is 272 g/mol. The number of hydrogen-bond donors (Lipinski definition) is 0. The second-order valence-corrected chi connectivity index (χ2v) is 4.09. The molecule has 0 aliphatic rings. The molecule has 1 aromatic rings. The molecule has 86 valence electrons. The minimum Gasteiger partial charge on any atom is -0.462 e. The average Bonchev–Trinajstić information content (AvgIpc) is 2.26. The van der Waals surface area contributed by atoms with Crippen LogP contribution in [-0.4, -0.2) is 18.9 Å². The van der Waals surface area contributed by atoms with E-state index in [9.17, 15) is 9.59 Å². The van der Waals surface area contributed by atoms with Gasteiger partial charge in [-0.1, -0.05) is 6.07 Å². The van der Waals surface area contributed by atoms with E-state index in [2.05, 4.69) is 15.9 Å². The summed E-state index contributed by atoms with van der Waals surface area (Å²) in [4.78, 5) is 21.7. The molecule has 0 atom stereocenters. The maximum Gasteiger partial charge on any atom is 0.339 e. The molecule has 0 bridgehead atoms. The lowest BCUT2D eigenvalue weighted by molar-refractivity contribution is -0.107. The van der Waals surface area contributed by atoms with Crippen LogP contribution in [0.25, 0.3) is 0 Å². The zero-order chi connectivity index (χ0) is 12.0. The highest BCUT2D eigenvalue weighted by molar-refractivity contribution is 9.10. The minimum absolute atomic E-state index is 0.337. The molecule has 0 N–H and O–H groups in total. The molecule has 3 nitrogen and oxygen atoms in total. The van der Waals surface area contributed by atoms with Crippen LogP contribution >= 0.6 is 15.9 Å². The Hall–Kier alpha value is -1.16. The van der Waals surface area contributed by atoms with Gasteiger partial charge < -0.3 is 9.53 Å². The SMILES string of the molecule is CCOC(=O)c1ccc(CCC=O)cc1Br. The summed E-state index contributed by atoms with van der Waals surface area (Å²) in [6.45, 7) is 2.13. The van der Waals surface area contributed by atoms with Crippen molar-refractivity contribution in [1.82, 2.24) is 0 Å². The highest BCUT2D eigenvalue weighted by Crippen LogP contribution is 2.20. The fourth-order valence-corrected chi connectivity index (χ4v) is 1.90. The lowest BCUT2D eigenvalue weighted by Crippen LogP contribution is -2.05. The molecule has 0 fully saturated rings. The number of halogens is 1. The van der Waals surface area contributed by atoms with Crippen molar-refractivity contribution in [3.05, 3.63) is 33.8 Å². The molecule has 0 amide bonds. The maximum absolute atomic E-state index is 11.5. The van der Waals surface area contributed by atoms with Crippen LogP contribution in [0, 0.1) is 0 Å². The molecule has 4 heteroatoms. The van der Waals surface area contributed by atoms with Crippen LogP contribution < -0.4 is 0 Å². The largest absolute Gasteiger partial charge is 0.462 e. The van der Waals surface area contributed by atoms with E-state index in [1.54, 1.807) is 13.0 Å². The first-order chi connectivity index (χ1) is 7.69. The van der Waals surface area contributed by atoms with Gasteiger partial charge >= 0.3 is 5.97 Å². The first-order valence-corrected chi connectivity index (χ1v) is 5.87. The summed E-state index contributed by atoms with van der Waals surface area (Å²) >= 11 is 3.32. The number of carbonyl (C=O) groups excluding carboxylic acids is 2. The number of esters is 1. The molecule has 0 saturated carbocycles. The Bertz CT molecular complexity index is 388. The molecular formula is C12H13BrO3. The number of hydrogen-bond acceptors (Lipinski definition) is 3. The normalized spacial score (nSPS) is 9.88. The first kappa shape index (κ1) is 12.9. The van der Waals surface area contributed by atoms with Gasteiger partial charge in [-0.05, 0) is 47.0 Å². The molecule has 0 aliphatic carbocycles. The number of rotatable bonds is 5. The lowest BCUT2D eigenvalue weighted by atomic mass is 10.1. The Kier molecular flexibility index (Phi) is 5.19. The third kappa shape index (κ3) is 3.45. The van der Waals surface area contributed by atoms with Gasteiger partial charge in [-0.3, -0.25) is 0 Å². The molecule has 1 aromatic carbocycles. The molecule has 0 spiro atoms. The molecule has 0 aliphatic heterocycles. The van der Waals surface area contributed by atoms with Crippen molar-refractivity contribution in [2.24, 2.45) is 0 Å². The van der Waals surface area contributed by atoms with Crippen molar-refractivity contribution >= 4 is 28.2 Å². The van der Waals surface area contributed by atoms with Crippen LogP contribution in [0.15, 0.2) is 22.7 Å². The third-order valence-corrected chi connectivity index (χ3v) is 2.74. The predicted octanol–water partition coefficient (Wildman–Crippen LogP) is 2.76. The Morgan fingerprint density at radius 3 is 2.81 bits per heavy atom. The third-order valence-electron chi connectivity index (χ3n) is 2.08. The van der Waals surface area contributed by atoms with Gasteiger partial charge in [-0.25, -0.2) is 4.79 Å². The first-order valence-electron chi connectivity index (χ1n) is 5.08. The summed E-state index contributed by atoms with van der Waals surface area (Å²) < 4.78 is 5.61. The number of aldehydes is 1. The highest BCUT2D eigenvalue weighted by Gasteiger charge is 2.10. The minimum atomic E-state index is -0.337. The zero-order valence-electron chi connectivity index (χ0n) is 9.03. The van der Waals surface area contributed by atoms with Crippen molar-refractivity contribution < 1.29 is 14.3 Å². The van der Waals surface area contributed by atoms with E-state index < -0.39 is 0 Å². The van der Waals surface area contributed by atoms with Gasteiger partial charge in [0.15, 0.2) is 0 Å². The van der Waals surface area contributed by atoms with Crippen molar-refractivity contribution in [2.45, 2.75) is 19.8 Å². The van der Waals surface area contributed by atoms with Gasteiger partial charge in [0.25, 0.3) is 0 Å². The second kappa shape index (κ2) is 6.43. The van der Waals surface area contributed by atoms with Crippen LogP contribution in [0.4, 0.5) is 0 Å². The lowest BCUT2D eigenvalue weighted by Gasteiger charge is -2.06. The van der Waals surface area contributed by atoms with E-state index in [4.69, 9.17) is 4.74 Å². The van der Waals surface area contributed by atoms with Gasteiger partial charge in [0, 0.05) is 10.9 Å². The van der Waals surface area contributed by atoms with E-state index in [0.717, 1.165) is 11.8 Å². The van der Waals surface area contributed by atoms with Crippen molar-refractivity contribution in [3.8, 4) is 0 Å². The fourth-order valence-electron chi connectivity index (χ4n) is 1.31. The monoisotopic (exact) mass is 284 g/mol. The van der Waals surface area contributed by atoms with Crippen LogP contribution in [0.5, 0.6) is 0 Å². The van der Waals surface area contributed by atoms with Gasteiger partial charge in [-0.2, -0.15) is 0 Å². The molecule has 0 saturated heterocycles. The van der Waals surface area contributed by atoms with E-state index >= 15 is 0 Å². The summed E-state index contributed by atoms with van der Waals surface area (Å²) in [5, 5.41) is 0. The second-order valence-electron chi connectivity index (χ2n) is 3.24. The molecule has 0 aromatic heterocycles. The smallest absolute Gasteiger partial charge is 0.339 e. The Labute approximate surface area is 103 Å². The van der Waals surface area contributed by atoms with Crippen LogP contribution in [0.2, 0.25) is 0 Å². The van der Waals surface area contributed by atoms with E-state index in [1.807, 2.05) is 12.1 Å². The zero-order valence-corrected chi connectivity index (χ0v) is 10.6. The topological polar surface area (TPSA) is 43.4 Å². The van der Waals surface area contributed by atoms with Crippen molar-refractivity contribution in [1.29, 1.82) is 0 Å². The maximum atomic E-state index is 11.5. The Morgan fingerprint density at radius 1 is 1.50 bits per heavy atom.